The molecule has 21 heavy (non-hydrogen) atoms. The molecule has 2 aromatic carbocycles. The molecule has 0 saturated carbocycles. The van der Waals surface area contributed by atoms with Crippen LogP contribution in [-0.4, -0.2) is 12.5 Å². The molecule has 3 N–H and O–H groups in total. The molecule has 0 saturated heterocycles. The molecule has 0 unspecified atom stereocenters. The lowest BCUT2D eigenvalue weighted by atomic mass is 10.2. The van der Waals surface area contributed by atoms with Crippen LogP contribution in [0.15, 0.2) is 36.4 Å². The summed E-state index contributed by atoms with van der Waals surface area (Å²) in [6, 6.07) is 10.1. The first kappa shape index (κ1) is 15.5. The molecule has 0 aliphatic heterocycles. The largest absolute Gasteiger partial charge is 0.482 e. The molecule has 0 atom stereocenters. The van der Waals surface area contributed by atoms with E-state index in [9.17, 15) is 4.79 Å². The molecular formula is C15H14Cl2N2O2. The highest BCUT2D eigenvalue weighted by atomic mass is 35.5. The molecule has 4 nitrogen and oxygen atoms in total. The van der Waals surface area contributed by atoms with Crippen molar-refractivity contribution in [2.45, 2.75) is 6.92 Å². The van der Waals surface area contributed by atoms with Crippen LogP contribution in [-0.2, 0) is 4.79 Å². The van der Waals surface area contributed by atoms with Gasteiger partial charge in [0.2, 0.25) is 0 Å². The molecular weight excluding hydrogens is 311 g/mol. The molecule has 0 radical (unpaired) electrons. The van der Waals surface area contributed by atoms with Gasteiger partial charge >= 0.3 is 0 Å². The molecule has 0 aliphatic carbocycles. The van der Waals surface area contributed by atoms with Crippen molar-refractivity contribution in [2.24, 2.45) is 0 Å². The van der Waals surface area contributed by atoms with E-state index in [1.54, 1.807) is 30.3 Å². The third kappa shape index (κ3) is 4.28. The minimum absolute atomic E-state index is 0.173. The van der Waals surface area contributed by atoms with Gasteiger partial charge in [0.1, 0.15) is 5.75 Å². The van der Waals surface area contributed by atoms with Crippen LogP contribution in [0.25, 0.3) is 0 Å². The summed E-state index contributed by atoms with van der Waals surface area (Å²) in [6.07, 6.45) is 0. The van der Waals surface area contributed by atoms with Crippen molar-refractivity contribution in [1.82, 2.24) is 0 Å². The van der Waals surface area contributed by atoms with E-state index < -0.39 is 0 Å². The lowest BCUT2D eigenvalue weighted by Crippen LogP contribution is -2.20. The topological polar surface area (TPSA) is 64.3 Å². The summed E-state index contributed by atoms with van der Waals surface area (Å²) in [5, 5.41) is 3.58. The van der Waals surface area contributed by atoms with Crippen molar-refractivity contribution in [1.29, 1.82) is 0 Å². The first-order chi connectivity index (χ1) is 9.95. The number of aryl methyl sites for hydroxylation is 1. The van der Waals surface area contributed by atoms with E-state index in [1.807, 2.05) is 13.0 Å². The molecule has 1 amide bonds. The van der Waals surface area contributed by atoms with Gasteiger partial charge in [-0.15, -0.1) is 0 Å². The molecule has 0 fully saturated rings. The van der Waals surface area contributed by atoms with E-state index in [4.69, 9.17) is 33.7 Å². The monoisotopic (exact) mass is 324 g/mol. The summed E-state index contributed by atoms with van der Waals surface area (Å²) < 4.78 is 5.35. The third-order valence-corrected chi connectivity index (χ3v) is 3.36. The van der Waals surface area contributed by atoms with Gasteiger partial charge in [0.05, 0.1) is 5.02 Å². The molecule has 110 valence electrons. The first-order valence-electron chi connectivity index (χ1n) is 6.19. The van der Waals surface area contributed by atoms with Gasteiger partial charge in [0, 0.05) is 22.5 Å². The fraction of sp³-hybridized carbons (Fsp3) is 0.133. The molecule has 6 heteroatoms. The second-order valence-electron chi connectivity index (χ2n) is 4.48. The van der Waals surface area contributed by atoms with Crippen LogP contribution in [0.1, 0.15) is 5.56 Å². The van der Waals surface area contributed by atoms with Crippen LogP contribution in [0.3, 0.4) is 0 Å². The van der Waals surface area contributed by atoms with Gasteiger partial charge in [0.15, 0.2) is 6.61 Å². The number of halogens is 2. The van der Waals surface area contributed by atoms with Crippen molar-refractivity contribution < 1.29 is 9.53 Å². The number of rotatable bonds is 4. The molecule has 0 aromatic heterocycles. The van der Waals surface area contributed by atoms with Crippen molar-refractivity contribution in [3.8, 4) is 5.75 Å². The number of anilines is 2. The van der Waals surface area contributed by atoms with Gasteiger partial charge in [-0.25, -0.2) is 0 Å². The standard InChI is InChI=1S/C15H14Cl2N2O2/c1-9-2-4-11(7-13(9)18)19-15(20)8-21-14-6-10(16)3-5-12(14)17/h2-7H,8,18H2,1H3,(H,19,20). The van der Waals surface area contributed by atoms with Crippen LogP contribution in [0.4, 0.5) is 11.4 Å². The Morgan fingerprint density at radius 1 is 1.24 bits per heavy atom. The fourth-order valence-electron chi connectivity index (χ4n) is 1.65. The number of benzene rings is 2. The normalized spacial score (nSPS) is 10.2. The van der Waals surface area contributed by atoms with Gasteiger partial charge in [0.25, 0.3) is 5.91 Å². The number of hydrogen-bond acceptors (Lipinski definition) is 3. The molecule has 0 spiro atoms. The van der Waals surface area contributed by atoms with Crippen LogP contribution in [0.5, 0.6) is 5.75 Å². The number of nitrogen functional groups attached to an aromatic ring is 1. The Labute approximate surface area is 132 Å². The van der Waals surface area contributed by atoms with E-state index in [0.717, 1.165) is 5.56 Å². The van der Waals surface area contributed by atoms with Crippen molar-refractivity contribution >= 4 is 40.5 Å². The molecule has 0 heterocycles. The number of ether oxygens (including phenoxy) is 1. The van der Waals surface area contributed by atoms with E-state index in [1.165, 1.54) is 0 Å². The maximum Gasteiger partial charge on any atom is 0.262 e. The third-order valence-electron chi connectivity index (χ3n) is 2.82. The van der Waals surface area contributed by atoms with Gasteiger partial charge in [-0.1, -0.05) is 29.3 Å². The Morgan fingerprint density at radius 3 is 2.71 bits per heavy atom. The van der Waals surface area contributed by atoms with E-state index in [-0.39, 0.29) is 12.5 Å². The molecule has 2 aromatic rings. The van der Waals surface area contributed by atoms with E-state index in [2.05, 4.69) is 5.32 Å². The number of amides is 1. The Kier molecular flexibility index (Phi) is 4.94. The number of carbonyl (C=O) groups is 1. The maximum atomic E-state index is 11.8. The zero-order valence-electron chi connectivity index (χ0n) is 11.3. The highest BCUT2D eigenvalue weighted by Gasteiger charge is 2.07. The van der Waals surface area contributed by atoms with Crippen LogP contribution >= 0.6 is 23.2 Å². The predicted octanol–water partition coefficient (Wildman–Crippen LogP) is 3.90. The Morgan fingerprint density at radius 2 is 2.00 bits per heavy atom. The number of nitrogens with one attached hydrogen (secondary N) is 1. The molecule has 2 rings (SSSR count). The Hall–Kier alpha value is -1.91. The SMILES string of the molecule is Cc1ccc(NC(=O)COc2cc(Cl)ccc2Cl)cc1N. The van der Waals surface area contributed by atoms with Crippen molar-refractivity contribution in [3.63, 3.8) is 0 Å². The minimum Gasteiger partial charge on any atom is -0.482 e. The second-order valence-corrected chi connectivity index (χ2v) is 5.33. The summed E-state index contributed by atoms with van der Waals surface area (Å²) in [4.78, 5) is 11.8. The minimum atomic E-state index is -0.311. The quantitative estimate of drug-likeness (QED) is 0.838. The average molecular weight is 325 g/mol. The number of nitrogens with two attached hydrogens (primary N) is 1. The molecule has 0 bridgehead atoms. The average Bonchev–Trinajstić information content (AvgIpc) is 2.44. The predicted molar refractivity (Wildman–Crippen MR) is 86.2 cm³/mol. The highest BCUT2D eigenvalue weighted by molar-refractivity contribution is 6.34. The van der Waals surface area contributed by atoms with Crippen LogP contribution < -0.4 is 15.8 Å². The lowest BCUT2D eigenvalue weighted by molar-refractivity contribution is -0.118. The number of hydrogen-bond donors (Lipinski definition) is 2. The zero-order valence-corrected chi connectivity index (χ0v) is 12.8. The second kappa shape index (κ2) is 6.70. The lowest BCUT2D eigenvalue weighted by Gasteiger charge is -2.10. The summed E-state index contributed by atoms with van der Waals surface area (Å²) in [6.45, 7) is 1.72. The highest BCUT2D eigenvalue weighted by Crippen LogP contribution is 2.27. The Balaban J connectivity index is 1.95. The van der Waals surface area contributed by atoms with Crippen LogP contribution in [0.2, 0.25) is 10.0 Å². The van der Waals surface area contributed by atoms with Gasteiger partial charge in [-0.05, 0) is 36.8 Å². The molecule has 0 aliphatic rings. The van der Waals surface area contributed by atoms with E-state index in [0.29, 0.717) is 27.2 Å². The summed E-state index contributed by atoms with van der Waals surface area (Å²) in [5.41, 5.74) is 7.97. The van der Waals surface area contributed by atoms with Crippen molar-refractivity contribution in [2.75, 3.05) is 17.7 Å². The first-order valence-corrected chi connectivity index (χ1v) is 6.95. The van der Waals surface area contributed by atoms with Crippen LogP contribution in [0, 0.1) is 6.92 Å². The number of carbonyl (C=O) groups excluding carboxylic acids is 1. The fourth-order valence-corrected chi connectivity index (χ4v) is 1.98. The van der Waals surface area contributed by atoms with Gasteiger partial charge < -0.3 is 15.8 Å². The summed E-state index contributed by atoms with van der Waals surface area (Å²) >= 11 is 11.8. The van der Waals surface area contributed by atoms with Gasteiger partial charge in [-0.3, -0.25) is 4.79 Å². The smallest absolute Gasteiger partial charge is 0.262 e. The van der Waals surface area contributed by atoms with E-state index >= 15 is 0 Å². The van der Waals surface area contributed by atoms with Crippen molar-refractivity contribution in [3.05, 3.63) is 52.0 Å². The summed E-state index contributed by atoms with van der Waals surface area (Å²) in [5.74, 6) is 0.0528. The zero-order chi connectivity index (χ0) is 15.4. The maximum absolute atomic E-state index is 11.8. The van der Waals surface area contributed by atoms with Gasteiger partial charge in [-0.2, -0.15) is 0 Å². The Bertz CT molecular complexity index is 675. The summed E-state index contributed by atoms with van der Waals surface area (Å²) in [7, 11) is 0.